The monoisotopic (exact) mass is 311 g/mol. The molecule has 18 heavy (non-hydrogen) atoms. The maximum atomic E-state index is 13.5. The van der Waals surface area contributed by atoms with Gasteiger partial charge in [0, 0.05) is 17.8 Å². The molecule has 2 aromatic carbocycles. The average Bonchev–Trinajstić information content (AvgIpc) is 2.34. The Kier molecular flexibility index (Phi) is 3.97. The van der Waals surface area contributed by atoms with Crippen LogP contribution in [-0.2, 0) is 6.54 Å². The average molecular weight is 312 g/mol. The third kappa shape index (κ3) is 3.07. The summed E-state index contributed by atoms with van der Waals surface area (Å²) in [5.41, 5.74) is 2.19. The summed E-state index contributed by atoms with van der Waals surface area (Å²) in [6.07, 6.45) is 0. The van der Waals surface area contributed by atoms with Gasteiger partial charge in [0.05, 0.1) is 4.47 Å². The number of anilines is 1. The number of benzene rings is 2. The van der Waals surface area contributed by atoms with E-state index in [1.165, 1.54) is 12.1 Å². The normalized spacial score (nSPS) is 10.4. The van der Waals surface area contributed by atoms with E-state index in [9.17, 15) is 8.78 Å². The third-order valence-corrected chi connectivity index (χ3v) is 3.25. The number of nitrogens with one attached hydrogen (secondary N) is 1. The van der Waals surface area contributed by atoms with E-state index >= 15 is 0 Å². The minimum Gasteiger partial charge on any atom is -0.381 e. The Balaban J connectivity index is 2.11. The van der Waals surface area contributed by atoms with Crippen LogP contribution in [0.4, 0.5) is 14.5 Å². The van der Waals surface area contributed by atoms with Gasteiger partial charge in [0.25, 0.3) is 0 Å². The maximum Gasteiger partial charge on any atom is 0.139 e. The van der Waals surface area contributed by atoms with E-state index in [1.807, 2.05) is 6.92 Å². The predicted molar refractivity (Wildman–Crippen MR) is 72.6 cm³/mol. The molecule has 0 fully saturated rings. The highest BCUT2D eigenvalue weighted by Crippen LogP contribution is 2.20. The molecule has 2 aromatic rings. The standard InChI is InChI=1S/C14H12BrF2N/c1-9-2-5-13(16)10(6-9)8-18-11-3-4-12(15)14(17)7-11/h2-7,18H,8H2,1H3. The molecule has 0 aliphatic rings. The zero-order valence-electron chi connectivity index (χ0n) is 9.81. The van der Waals surface area contributed by atoms with Crippen LogP contribution in [-0.4, -0.2) is 0 Å². The Bertz CT molecular complexity index is 570. The van der Waals surface area contributed by atoms with Gasteiger partial charge in [0.1, 0.15) is 11.6 Å². The first-order chi connectivity index (χ1) is 8.56. The highest BCUT2D eigenvalue weighted by Gasteiger charge is 2.04. The van der Waals surface area contributed by atoms with Gasteiger partial charge in [-0.25, -0.2) is 8.78 Å². The second-order valence-corrected chi connectivity index (χ2v) is 4.93. The summed E-state index contributed by atoms with van der Waals surface area (Å²) in [5, 5.41) is 3.00. The Labute approximate surface area is 113 Å². The molecule has 1 nitrogen and oxygen atoms in total. The molecule has 0 radical (unpaired) electrons. The summed E-state index contributed by atoms with van der Waals surface area (Å²) in [6.45, 7) is 2.23. The van der Waals surface area contributed by atoms with Crippen LogP contribution in [0.3, 0.4) is 0 Å². The number of hydrogen-bond donors (Lipinski definition) is 1. The summed E-state index contributed by atoms with van der Waals surface area (Å²) in [7, 11) is 0. The van der Waals surface area contributed by atoms with Gasteiger partial charge in [-0.05, 0) is 47.1 Å². The summed E-state index contributed by atoms with van der Waals surface area (Å²) >= 11 is 3.08. The van der Waals surface area contributed by atoms with Crippen molar-refractivity contribution in [1.82, 2.24) is 0 Å². The van der Waals surface area contributed by atoms with Crippen molar-refractivity contribution in [2.24, 2.45) is 0 Å². The molecule has 0 amide bonds. The van der Waals surface area contributed by atoms with Crippen LogP contribution >= 0.6 is 15.9 Å². The number of rotatable bonds is 3. The molecule has 0 unspecified atom stereocenters. The Morgan fingerprint density at radius 2 is 1.83 bits per heavy atom. The molecule has 0 aromatic heterocycles. The van der Waals surface area contributed by atoms with Crippen LogP contribution in [0.1, 0.15) is 11.1 Å². The zero-order chi connectivity index (χ0) is 13.1. The first-order valence-electron chi connectivity index (χ1n) is 5.50. The predicted octanol–water partition coefficient (Wildman–Crippen LogP) is 4.65. The molecule has 0 heterocycles. The van der Waals surface area contributed by atoms with Gasteiger partial charge in [-0.15, -0.1) is 0 Å². The highest BCUT2D eigenvalue weighted by molar-refractivity contribution is 9.10. The topological polar surface area (TPSA) is 12.0 Å². The Morgan fingerprint density at radius 1 is 1.06 bits per heavy atom. The number of aryl methyl sites for hydroxylation is 1. The molecular formula is C14H12BrF2N. The lowest BCUT2D eigenvalue weighted by Crippen LogP contribution is -2.02. The van der Waals surface area contributed by atoms with Crippen LogP contribution < -0.4 is 5.32 Å². The number of hydrogen-bond acceptors (Lipinski definition) is 1. The third-order valence-electron chi connectivity index (χ3n) is 2.60. The van der Waals surface area contributed by atoms with E-state index < -0.39 is 0 Å². The van der Waals surface area contributed by atoms with Gasteiger partial charge in [-0.3, -0.25) is 0 Å². The van der Waals surface area contributed by atoms with Crippen molar-refractivity contribution in [3.63, 3.8) is 0 Å². The molecule has 4 heteroatoms. The summed E-state index contributed by atoms with van der Waals surface area (Å²) in [6, 6.07) is 9.66. The minimum absolute atomic E-state index is 0.259. The fraction of sp³-hybridized carbons (Fsp3) is 0.143. The van der Waals surface area contributed by atoms with Crippen LogP contribution in [0.5, 0.6) is 0 Å². The van der Waals surface area contributed by atoms with Gasteiger partial charge in [-0.1, -0.05) is 17.7 Å². The van der Waals surface area contributed by atoms with Crippen molar-refractivity contribution in [2.45, 2.75) is 13.5 Å². The van der Waals surface area contributed by atoms with Crippen LogP contribution in [0.15, 0.2) is 40.9 Å². The van der Waals surface area contributed by atoms with Crippen LogP contribution in [0.2, 0.25) is 0 Å². The van der Waals surface area contributed by atoms with Gasteiger partial charge in [-0.2, -0.15) is 0 Å². The summed E-state index contributed by atoms with van der Waals surface area (Å²) in [5.74, 6) is -0.601. The van der Waals surface area contributed by atoms with E-state index in [2.05, 4.69) is 21.2 Å². The Hall–Kier alpha value is -1.42. The van der Waals surface area contributed by atoms with Crippen molar-refractivity contribution in [3.8, 4) is 0 Å². The highest BCUT2D eigenvalue weighted by atomic mass is 79.9. The largest absolute Gasteiger partial charge is 0.381 e. The fourth-order valence-corrected chi connectivity index (χ4v) is 1.89. The minimum atomic E-state index is -0.343. The van der Waals surface area contributed by atoms with Gasteiger partial charge in [0.15, 0.2) is 0 Å². The second-order valence-electron chi connectivity index (χ2n) is 4.08. The molecule has 94 valence electrons. The lowest BCUT2D eigenvalue weighted by atomic mass is 10.1. The Morgan fingerprint density at radius 3 is 2.56 bits per heavy atom. The molecule has 0 saturated heterocycles. The van der Waals surface area contributed by atoms with Crippen molar-refractivity contribution in [1.29, 1.82) is 0 Å². The smallest absolute Gasteiger partial charge is 0.139 e. The lowest BCUT2D eigenvalue weighted by molar-refractivity contribution is 0.612. The van der Waals surface area contributed by atoms with E-state index in [-0.39, 0.29) is 11.6 Å². The molecule has 0 aliphatic carbocycles. The second kappa shape index (κ2) is 5.48. The van der Waals surface area contributed by atoms with Crippen molar-refractivity contribution < 1.29 is 8.78 Å². The number of halogens is 3. The van der Waals surface area contributed by atoms with Crippen LogP contribution in [0.25, 0.3) is 0 Å². The summed E-state index contributed by atoms with van der Waals surface area (Å²) in [4.78, 5) is 0. The van der Waals surface area contributed by atoms with E-state index in [1.54, 1.807) is 24.3 Å². The van der Waals surface area contributed by atoms with Crippen molar-refractivity contribution in [2.75, 3.05) is 5.32 Å². The molecule has 2 rings (SSSR count). The quantitative estimate of drug-likeness (QED) is 0.870. The van der Waals surface area contributed by atoms with E-state index in [4.69, 9.17) is 0 Å². The first-order valence-corrected chi connectivity index (χ1v) is 6.29. The lowest BCUT2D eigenvalue weighted by Gasteiger charge is -2.08. The molecule has 0 bridgehead atoms. The van der Waals surface area contributed by atoms with Crippen molar-refractivity contribution >= 4 is 21.6 Å². The molecule has 0 atom stereocenters. The van der Waals surface area contributed by atoms with Gasteiger partial charge in [0.2, 0.25) is 0 Å². The first kappa shape index (κ1) is 13.0. The van der Waals surface area contributed by atoms with E-state index in [0.717, 1.165) is 5.56 Å². The van der Waals surface area contributed by atoms with Gasteiger partial charge >= 0.3 is 0 Å². The van der Waals surface area contributed by atoms with E-state index in [0.29, 0.717) is 22.3 Å². The summed E-state index contributed by atoms with van der Waals surface area (Å²) < 4.78 is 27.2. The molecular weight excluding hydrogens is 300 g/mol. The molecule has 0 aliphatic heterocycles. The van der Waals surface area contributed by atoms with Crippen LogP contribution in [0, 0.1) is 18.6 Å². The van der Waals surface area contributed by atoms with Crippen molar-refractivity contribution in [3.05, 3.63) is 63.6 Å². The fourth-order valence-electron chi connectivity index (χ4n) is 1.64. The SMILES string of the molecule is Cc1ccc(F)c(CNc2ccc(Br)c(F)c2)c1. The zero-order valence-corrected chi connectivity index (χ0v) is 11.4. The molecule has 0 saturated carbocycles. The van der Waals surface area contributed by atoms with Gasteiger partial charge < -0.3 is 5.32 Å². The molecule has 1 N–H and O–H groups in total. The maximum absolute atomic E-state index is 13.5. The molecule has 0 spiro atoms.